The Hall–Kier alpha value is -2.33. The predicted octanol–water partition coefficient (Wildman–Crippen LogP) is -0.298. The van der Waals surface area contributed by atoms with Crippen LogP contribution in [-0.4, -0.2) is 72.6 Å². The molecule has 1 aliphatic rings. The summed E-state index contributed by atoms with van der Waals surface area (Å²) in [5.41, 5.74) is 6.65. The number of nitrogen functional groups attached to an aromatic ring is 1. The molecule has 4 atom stereocenters. The maximum atomic E-state index is 10.4. The largest absolute Gasteiger partial charge is 0.387 e. The van der Waals surface area contributed by atoms with Crippen molar-refractivity contribution in [3.63, 3.8) is 0 Å². The molecule has 9 nitrogen and oxygen atoms in total. The summed E-state index contributed by atoms with van der Waals surface area (Å²) in [5, 5.41) is 20.8. The molecule has 25 heavy (non-hydrogen) atoms. The van der Waals surface area contributed by atoms with E-state index in [1.165, 1.54) is 12.7 Å². The van der Waals surface area contributed by atoms with Gasteiger partial charge in [0.1, 0.15) is 30.2 Å². The number of aromatic nitrogens is 4. The van der Waals surface area contributed by atoms with Crippen molar-refractivity contribution < 1.29 is 14.9 Å². The van der Waals surface area contributed by atoms with Gasteiger partial charge >= 0.3 is 0 Å². The quantitative estimate of drug-likeness (QED) is 0.584. The average molecular weight is 346 g/mol. The molecule has 3 rings (SSSR count). The van der Waals surface area contributed by atoms with Gasteiger partial charge in [-0.2, -0.15) is 0 Å². The van der Waals surface area contributed by atoms with Crippen molar-refractivity contribution in [2.75, 3.05) is 25.4 Å². The maximum Gasteiger partial charge on any atom is 0.167 e. The Morgan fingerprint density at radius 3 is 2.60 bits per heavy atom. The van der Waals surface area contributed by atoms with Gasteiger partial charge < -0.3 is 20.7 Å². The van der Waals surface area contributed by atoms with Crippen molar-refractivity contribution in [1.82, 2.24) is 24.4 Å². The lowest BCUT2D eigenvalue weighted by Gasteiger charge is -2.24. The van der Waals surface area contributed by atoms with Crippen LogP contribution >= 0.6 is 0 Å². The molecule has 0 spiro atoms. The summed E-state index contributed by atoms with van der Waals surface area (Å²) in [5.74, 6) is 0.247. The first-order valence-corrected chi connectivity index (χ1v) is 7.95. The van der Waals surface area contributed by atoms with Crippen LogP contribution in [0.25, 0.3) is 11.2 Å². The van der Waals surface area contributed by atoms with Crippen LogP contribution in [0.3, 0.4) is 0 Å². The summed E-state index contributed by atoms with van der Waals surface area (Å²) in [6, 6.07) is 0. The maximum absolute atomic E-state index is 10.4. The molecular formula is C16H22N6O3. The van der Waals surface area contributed by atoms with Crippen molar-refractivity contribution in [3.8, 4) is 0 Å². The highest BCUT2D eigenvalue weighted by Gasteiger charge is 2.44. The van der Waals surface area contributed by atoms with E-state index >= 15 is 0 Å². The van der Waals surface area contributed by atoms with E-state index in [2.05, 4.69) is 28.1 Å². The number of aliphatic hydroxyl groups excluding tert-OH is 2. The first kappa shape index (κ1) is 17.5. The van der Waals surface area contributed by atoms with E-state index in [1.54, 1.807) is 16.7 Å². The highest BCUT2D eigenvalue weighted by molar-refractivity contribution is 5.81. The van der Waals surface area contributed by atoms with E-state index in [0.717, 1.165) is 0 Å². The summed E-state index contributed by atoms with van der Waals surface area (Å²) >= 11 is 0. The fraction of sp³-hybridized carbons (Fsp3) is 0.438. The van der Waals surface area contributed by atoms with Crippen LogP contribution in [0, 0.1) is 0 Å². The lowest BCUT2D eigenvalue weighted by molar-refractivity contribution is -0.0424. The van der Waals surface area contributed by atoms with Crippen LogP contribution in [0.1, 0.15) is 6.23 Å². The number of ether oxygens (including phenoxy) is 1. The third-order valence-corrected chi connectivity index (χ3v) is 4.21. The Morgan fingerprint density at radius 1 is 1.20 bits per heavy atom. The van der Waals surface area contributed by atoms with Crippen molar-refractivity contribution in [2.45, 2.75) is 24.5 Å². The summed E-state index contributed by atoms with van der Waals surface area (Å²) in [7, 11) is 0. The number of fused-ring (bicyclic) bond motifs is 1. The van der Waals surface area contributed by atoms with Gasteiger partial charge in [-0.15, -0.1) is 13.2 Å². The molecule has 0 aliphatic carbocycles. The fourth-order valence-electron chi connectivity index (χ4n) is 3.01. The minimum absolute atomic E-state index is 0.247. The standard InChI is InChI=1S/C16H22N6O3/c1-3-5-21(6-4-2)7-10-12(23)13(24)16(25-10)22-9-20-11-14(17)18-8-19-15(11)22/h3-4,8-10,12-13,16,23-24H,1-2,5-7H2,(H2,17,18,19)/t10-,12-,13-,16-/m1/s1. The van der Waals surface area contributed by atoms with Gasteiger partial charge in [0, 0.05) is 19.6 Å². The van der Waals surface area contributed by atoms with Crippen molar-refractivity contribution in [3.05, 3.63) is 38.0 Å². The summed E-state index contributed by atoms with van der Waals surface area (Å²) in [6.07, 6.45) is 2.78. The first-order valence-electron chi connectivity index (χ1n) is 7.95. The van der Waals surface area contributed by atoms with Crippen LogP contribution in [0.4, 0.5) is 5.82 Å². The topological polar surface area (TPSA) is 123 Å². The molecule has 2 aromatic heterocycles. The van der Waals surface area contributed by atoms with Crippen LogP contribution in [0.2, 0.25) is 0 Å². The number of rotatable bonds is 7. The molecule has 0 aromatic carbocycles. The molecule has 0 amide bonds. The molecule has 1 fully saturated rings. The van der Waals surface area contributed by atoms with Crippen LogP contribution in [0.15, 0.2) is 38.0 Å². The zero-order valence-corrected chi connectivity index (χ0v) is 13.8. The Bertz CT molecular complexity index is 753. The van der Waals surface area contributed by atoms with Gasteiger partial charge in [0.15, 0.2) is 17.7 Å². The zero-order valence-electron chi connectivity index (χ0n) is 13.8. The highest BCUT2D eigenvalue weighted by atomic mass is 16.6. The third kappa shape index (κ3) is 3.27. The Morgan fingerprint density at radius 2 is 1.92 bits per heavy atom. The number of aliphatic hydroxyl groups is 2. The molecule has 4 N–H and O–H groups in total. The number of nitrogens with two attached hydrogens (primary N) is 1. The smallest absolute Gasteiger partial charge is 0.167 e. The van der Waals surface area contributed by atoms with Crippen molar-refractivity contribution in [1.29, 1.82) is 0 Å². The average Bonchev–Trinajstić information content (AvgIpc) is 3.13. The first-order chi connectivity index (χ1) is 12.1. The van der Waals surface area contributed by atoms with Gasteiger partial charge in [-0.05, 0) is 0 Å². The van der Waals surface area contributed by atoms with Crippen molar-refractivity contribution in [2.24, 2.45) is 0 Å². The molecule has 1 aliphatic heterocycles. The van der Waals surface area contributed by atoms with Crippen LogP contribution < -0.4 is 5.73 Å². The summed E-state index contributed by atoms with van der Waals surface area (Å²) in [4.78, 5) is 14.2. The lowest BCUT2D eigenvalue weighted by atomic mass is 10.1. The number of nitrogens with zero attached hydrogens (tertiary/aromatic N) is 5. The molecular weight excluding hydrogens is 324 g/mol. The van der Waals surface area contributed by atoms with Gasteiger partial charge in [0.2, 0.25) is 0 Å². The lowest BCUT2D eigenvalue weighted by Crippen LogP contribution is -2.40. The van der Waals surface area contributed by atoms with Gasteiger partial charge in [0.05, 0.1) is 6.33 Å². The SMILES string of the molecule is C=CCN(CC=C)C[C@H]1O[C@@H](n2cnc3c(N)ncnc32)[C@H](O)[C@@H]1O. The molecule has 134 valence electrons. The Balaban J connectivity index is 1.82. The number of hydrogen-bond acceptors (Lipinski definition) is 8. The molecule has 1 saturated heterocycles. The minimum atomic E-state index is -1.12. The minimum Gasteiger partial charge on any atom is -0.387 e. The van der Waals surface area contributed by atoms with Gasteiger partial charge in [-0.3, -0.25) is 9.47 Å². The second-order valence-electron chi connectivity index (χ2n) is 5.93. The molecule has 3 heterocycles. The second kappa shape index (κ2) is 7.28. The molecule has 0 bridgehead atoms. The van der Waals surface area contributed by atoms with E-state index in [9.17, 15) is 10.2 Å². The van der Waals surface area contributed by atoms with Gasteiger partial charge in [-0.1, -0.05) is 12.2 Å². The number of hydrogen-bond donors (Lipinski definition) is 3. The van der Waals surface area contributed by atoms with Crippen molar-refractivity contribution >= 4 is 17.0 Å². The molecule has 0 saturated carbocycles. The molecule has 0 radical (unpaired) electrons. The predicted molar refractivity (Wildman–Crippen MR) is 92.5 cm³/mol. The number of anilines is 1. The van der Waals surface area contributed by atoms with Crippen LogP contribution in [0.5, 0.6) is 0 Å². The van der Waals surface area contributed by atoms with E-state index in [-0.39, 0.29) is 5.82 Å². The van der Waals surface area contributed by atoms with Gasteiger partial charge in [-0.25, -0.2) is 15.0 Å². The Labute approximate surface area is 145 Å². The van der Waals surface area contributed by atoms with E-state index in [0.29, 0.717) is 30.8 Å². The monoisotopic (exact) mass is 346 g/mol. The molecule has 2 aromatic rings. The molecule has 0 unspecified atom stereocenters. The van der Waals surface area contributed by atoms with E-state index < -0.39 is 24.5 Å². The van der Waals surface area contributed by atoms with Crippen LogP contribution in [-0.2, 0) is 4.74 Å². The molecule has 9 heteroatoms. The van der Waals surface area contributed by atoms with Gasteiger partial charge in [0.25, 0.3) is 0 Å². The summed E-state index contributed by atoms with van der Waals surface area (Å²) in [6.45, 7) is 9.12. The van der Waals surface area contributed by atoms with E-state index in [1.807, 2.05) is 4.90 Å². The van der Waals surface area contributed by atoms with E-state index in [4.69, 9.17) is 10.5 Å². The second-order valence-corrected chi connectivity index (χ2v) is 5.93. The zero-order chi connectivity index (χ0) is 18.0. The normalized spacial score (nSPS) is 26.4. The summed E-state index contributed by atoms with van der Waals surface area (Å²) < 4.78 is 7.48. The Kier molecular flexibility index (Phi) is 5.09. The highest BCUT2D eigenvalue weighted by Crippen LogP contribution is 2.32. The third-order valence-electron chi connectivity index (χ3n) is 4.21. The fourth-order valence-corrected chi connectivity index (χ4v) is 3.01. The number of imidazole rings is 1.